The number of amides is 2. The lowest BCUT2D eigenvalue weighted by Gasteiger charge is -2.32. The number of rotatable bonds is 3. The number of carbonyl (C=O) groups excluding carboxylic acids is 2. The van der Waals surface area contributed by atoms with Crippen molar-refractivity contribution in [3.8, 4) is 11.5 Å². The average molecular weight is 374 g/mol. The second-order valence-corrected chi connectivity index (χ2v) is 7.19. The Kier molecular flexibility index (Phi) is 4.63. The van der Waals surface area contributed by atoms with Crippen LogP contribution in [0.1, 0.15) is 19.3 Å². The number of anilines is 1. The average Bonchev–Trinajstić information content (AvgIpc) is 3.08. The van der Waals surface area contributed by atoms with Gasteiger partial charge in [0.25, 0.3) is 0 Å². The standard InChI is InChI=1S/C19H22N2O6/c22-17-8-13(18(23)20-5-1-2-12(10-20)19(24)25)11-21(17)14-3-4-15-16(9-14)27-7-6-26-15/h3-4,9,12-13H,1-2,5-8,10-11H2,(H,24,25). The number of carboxylic acid groups (broad SMARTS) is 1. The number of ether oxygens (including phenoxy) is 2. The molecule has 2 atom stereocenters. The Morgan fingerprint density at radius 3 is 2.63 bits per heavy atom. The molecule has 2 unspecified atom stereocenters. The Balaban J connectivity index is 1.46. The number of hydrogen-bond donors (Lipinski definition) is 1. The highest BCUT2D eigenvalue weighted by atomic mass is 16.6. The zero-order valence-electron chi connectivity index (χ0n) is 14.9. The van der Waals surface area contributed by atoms with Crippen molar-refractivity contribution in [1.29, 1.82) is 0 Å². The van der Waals surface area contributed by atoms with Gasteiger partial charge in [-0.05, 0) is 25.0 Å². The van der Waals surface area contributed by atoms with Crippen LogP contribution in [0.15, 0.2) is 18.2 Å². The second-order valence-electron chi connectivity index (χ2n) is 7.19. The normalized spacial score (nSPS) is 24.8. The molecule has 1 aromatic rings. The number of aliphatic carboxylic acids is 1. The summed E-state index contributed by atoms with van der Waals surface area (Å²) in [5, 5.41) is 9.21. The summed E-state index contributed by atoms with van der Waals surface area (Å²) >= 11 is 0. The van der Waals surface area contributed by atoms with Gasteiger partial charge >= 0.3 is 5.97 Å². The van der Waals surface area contributed by atoms with Gasteiger partial charge in [-0.15, -0.1) is 0 Å². The zero-order chi connectivity index (χ0) is 19.0. The summed E-state index contributed by atoms with van der Waals surface area (Å²) in [6.45, 7) is 2.04. The minimum absolute atomic E-state index is 0.114. The van der Waals surface area contributed by atoms with Gasteiger partial charge in [-0.25, -0.2) is 0 Å². The second kappa shape index (κ2) is 7.09. The van der Waals surface area contributed by atoms with Gasteiger partial charge in [0, 0.05) is 37.8 Å². The fourth-order valence-corrected chi connectivity index (χ4v) is 3.96. The molecule has 144 valence electrons. The van der Waals surface area contributed by atoms with Crippen LogP contribution in [0, 0.1) is 11.8 Å². The summed E-state index contributed by atoms with van der Waals surface area (Å²) in [5.74, 6) is -0.829. The van der Waals surface area contributed by atoms with Crippen molar-refractivity contribution in [2.75, 3.05) is 37.7 Å². The van der Waals surface area contributed by atoms with Crippen LogP contribution in [-0.4, -0.2) is 60.6 Å². The first kappa shape index (κ1) is 17.6. The summed E-state index contributed by atoms with van der Waals surface area (Å²) in [6, 6.07) is 5.33. The van der Waals surface area contributed by atoms with Gasteiger partial charge in [0.15, 0.2) is 11.5 Å². The molecule has 4 rings (SSSR count). The third-order valence-corrected chi connectivity index (χ3v) is 5.39. The van der Waals surface area contributed by atoms with E-state index in [0.717, 1.165) is 0 Å². The molecule has 0 radical (unpaired) electrons. The third kappa shape index (κ3) is 3.43. The smallest absolute Gasteiger partial charge is 0.308 e. The van der Waals surface area contributed by atoms with Crippen LogP contribution in [0.2, 0.25) is 0 Å². The van der Waals surface area contributed by atoms with Crippen molar-refractivity contribution in [1.82, 2.24) is 4.90 Å². The number of fused-ring (bicyclic) bond motifs is 1. The van der Waals surface area contributed by atoms with Crippen molar-refractivity contribution >= 4 is 23.5 Å². The first-order chi connectivity index (χ1) is 13.0. The maximum Gasteiger partial charge on any atom is 0.308 e. The van der Waals surface area contributed by atoms with Crippen LogP contribution >= 0.6 is 0 Å². The Morgan fingerprint density at radius 2 is 1.85 bits per heavy atom. The predicted octanol–water partition coefficient (Wildman–Crippen LogP) is 1.13. The van der Waals surface area contributed by atoms with Gasteiger partial charge in [0.1, 0.15) is 13.2 Å². The maximum atomic E-state index is 12.8. The van der Waals surface area contributed by atoms with Crippen molar-refractivity contribution in [3.05, 3.63) is 18.2 Å². The lowest BCUT2D eigenvalue weighted by molar-refractivity contribution is -0.146. The Hall–Kier alpha value is -2.77. The molecule has 2 fully saturated rings. The van der Waals surface area contributed by atoms with E-state index < -0.39 is 17.8 Å². The molecule has 3 aliphatic heterocycles. The van der Waals surface area contributed by atoms with Gasteiger partial charge in [-0.3, -0.25) is 14.4 Å². The van der Waals surface area contributed by atoms with Crippen LogP contribution in [0.5, 0.6) is 11.5 Å². The first-order valence-corrected chi connectivity index (χ1v) is 9.24. The number of likely N-dealkylation sites (tertiary alicyclic amines) is 1. The maximum absolute atomic E-state index is 12.8. The summed E-state index contributed by atoms with van der Waals surface area (Å²) in [4.78, 5) is 39.8. The summed E-state index contributed by atoms with van der Waals surface area (Å²) in [7, 11) is 0. The number of carboxylic acids is 1. The third-order valence-electron chi connectivity index (χ3n) is 5.39. The molecule has 3 aliphatic rings. The molecule has 0 spiro atoms. The van der Waals surface area contributed by atoms with E-state index in [-0.39, 0.29) is 24.8 Å². The van der Waals surface area contributed by atoms with Crippen molar-refractivity contribution in [2.24, 2.45) is 11.8 Å². The van der Waals surface area contributed by atoms with Crippen molar-refractivity contribution < 1.29 is 29.0 Å². The van der Waals surface area contributed by atoms with E-state index in [4.69, 9.17) is 9.47 Å². The molecule has 0 bridgehead atoms. The lowest BCUT2D eigenvalue weighted by atomic mass is 9.96. The van der Waals surface area contributed by atoms with Gasteiger partial charge in [0.05, 0.1) is 11.8 Å². The highest BCUT2D eigenvalue weighted by Gasteiger charge is 2.39. The number of carbonyl (C=O) groups is 3. The molecule has 0 saturated carbocycles. The SMILES string of the molecule is O=C(O)C1CCCN(C(=O)C2CC(=O)N(c3ccc4c(c3)OCCO4)C2)C1. The van der Waals surface area contributed by atoms with Gasteiger partial charge in [-0.2, -0.15) is 0 Å². The summed E-state index contributed by atoms with van der Waals surface area (Å²) in [6.07, 6.45) is 1.41. The fourth-order valence-electron chi connectivity index (χ4n) is 3.96. The van der Waals surface area contributed by atoms with E-state index in [2.05, 4.69) is 0 Å². The first-order valence-electron chi connectivity index (χ1n) is 9.24. The molecule has 8 heteroatoms. The highest BCUT2D eigenvalue weighted by molar-refractivity contribution is 6.00. The Morgan fingerprint density at radius 1 is 1.07 bits per heavy atom. The molecule has 0 aliphatic carbocycles. The molecule has 3 heterocycles. The largest absolute Gasteiger partial charge is 0.486 e. The molecule has 27 heavy (non-hydrogen) atoms. The van der Waals surface area contributed by atoms with E-state index >= 15 is 0 Å². The fraction of sp³-hybridized carbons (Fsp3) is 0.526. The van der Waals surface area contributed by atoms with Gasteiger partial charge in [0.2, 0.25) is 11.8 Å². The van der Waals surface area contributed by atoms with E-state index in [1.807, 2.05) is 0 Å². The molecule has 1 N–H and O–H groups in total. The van der Waals surface area contributed by atoms with E-state index in [1.165, 1.54) is 0 Å². The van der Waals surface area contributed by atoms with Gasteiger partial charge in [-0.1, -0.05) is 0 Å². The van der Waals surface area contributed by atoms with E-state index in [0.29, 0.717) is 56.3 Å². The minimum Gasteiger partial charge on any atom is -0.486 e. The molecule has 2 saturated heterocycles. The molecule has 0 aromatic heterocycles. The van der Waals surface area contributed by atoms with Crippen molar-refractivity contribution in [2.45, 2.75) is 19.3 Å². The van der Waals surface area contributed by atoms with Crippen LogP contribution in [0.4, 0.5) is 5.69 Å². The van der Waals surface area contributed by atoms with E-state index in [9.17, 15) is 19.5 Å². The highest BCUT2D eigenvalue weighted by Crippen LogP contribution is 2.36. The van der Waals surface area contributed by atoms with Crippen LogP contribution < -0.4 is 14.4 Å². The quantitative estimate of drug-likeness (QED) is 0.852. The molecule has 8 nitrogen and oxygen atoms in total. The van der Waals surface area contributed by atoms with E-state index in [1.54, 1.807) is 28.0 Å². The van der Waals surface area contributed by atoms with Crippen LogP contribution in [0.3, 0.4) is 0 Å². The summed E-state index contributed by atoms with van der Waals surface area (Å²) < 4.78 is 11.1. The van der Waals surface area contributed by atoms with Crippen molar-refractivity contribution in [3.63, 3.8) is 0 Å². The number of hydrogen-bond acceptors (Lipinski definition) is 5. The summed E-state index contributed by atoms with van der Waals surface area (Å²) in [5.41, 5.74) is 0.682. The Labute approximate surface area is 156 Å². The van der Waals surface area contributed by atoms with Gasteiger partial charge < -0.3 is 24.4 Å². The molecular formula is C19H22N2O6. The number of piperidine rings is 1. The number of nitrogens with zero attached hydrogens (tertiary/aromatic N) is 2. The zero-order valence-corrected chi connectivity index (χ0v) is 14.9. The van der Waals surface area contributed by atoms with Crippen LogP contribution in [-0.2, 0) is 14.4 Å². The minimum atomic E-state index is -0.868. The monoisotopic (exact) mass is 374 g/mol. The molecule has 2 amide bonds. The predicted molar refractivity (Wildman–Crippen MR) is 94.8 cm³/mol. The molecule has 1 aromatic carbocycles. The van der Waals surface area contributed by atoms with Crippen LogP contribution in [0.25, 0.3) is 0 Å². The molecular weight excluding hydrogens is 352 g/mol. The lowest BCUT2D eigenvalue weighted by Crippen LogP contribution is -2.45. The Bertz CT molecular complexity index is 779. The topological polar surface area (TPSA) is 96.4 Å². The number of benzene rings is 1.